The van der Waals surface area contributed by atoms with E-state index in [9.17, 15) is 5.11 Å². The lowest BCUT2D eigenvalue weighted by molar-refractivity contribution is -0.115. The van der Waals surface area contributed by atoms with Crippen molar-refractivity contribution in [3.05, 3.63) is 77.9 Å². The summed E-state index contributed by atoms with van der Waals surface area (Å²) in [5, 5.41) is 11.2. The van der Waals surface area contributed by atoms with Gasteiger partial charge in [-0.05, 0) is 54.2 Å². The Bertz CT molecular complexity index is 989. The van der Waals surface area contributed by atoms with Crippen molar-refractivity contribution in [3.8, 4) is 5.75 Å². The van der Waals surface area contributed by atoms with E-state index in [1.807, 2.05) is 54.6 Å². The molecule has 4 atom stereocenters. The summed E-state index contributed by atoms with van der Waals surface area (Å²) >= 11 is 0. The van der Waals surface area contributed by atoms with E-state index in [4.69, 9.17) is 28.1 Å². The minimum Gasteiger partial charge on any atom is -0.497 e. The maximum atomic E-state index is 11.1. The molecule has 2 rings (SSSR count). The SMILES string of the molecule is C=C(C[C@@H](O)[C@H](OCOC)c1ccccc1)C[C@H](OC)[C@H](CO[Si](C)(C)C(C)(C)C)OCc1ccc(OC)cc1. The Labute approximate surface area is 242 Å². The summed E-state index contributed by atoms with van der Waals surface area (Å²) in [7, 11) is 2.87. The molecule has 0 radical (unpaired) electrons. The van der Waals surface area contributed by atoms with Gasteiger partial charge in [-0.3, -0.25) is 0 Å². The highest BCUT2D eigenvalue weighted by atomic mass is 28.4. The first-order valence-electron chi connectivity index (χ1n) is 13.8. The molecular formula is C32H50O7Si. The average Bonchev–Trinajstić information content (AvgIpc) is 2.92. The molecule has 0 fully saturated rings. The smallest absolute Gasteiger partial charge is 0.192 e. The summed E-state index contributed by atoms with van der Waals surface area (Å²) in [4.78, 5) is 0. The molecule has 0 aliphatic carbocycles. The molecule has 8 heteroatoms. The van der Waals surface area contributed by atoms with Crippen LogP contribution in [-0.4, -0.2) is 66.5 Å². The molecule has 0 saturated carbocycles. The van der Waals surface area contributed by atoms with E-state index in [0.29, 0.717) is 26.1 Å². The van der Waals surface area contributed by atoms with Gasteiger partial charge in [0.25, 0.3) is 0 Å². The highest BCUT2D eigenvalue weighted by molar-refractivity contribution is 6.74. The molecule has 2 aromatic carbocycles. The summed E-state index contributed by atoms with van der Waals surface area (Å²) in [5.41, 5.74) is 2.75. The summed E-state index contributed by atoms with van der Waals surface area (Å²) in [5.74, 6) is 0.800. The number of ether oxygens (including phenoxy) is 5. The van der Waals surface area contributed by atoms with E-state index in [1.54, 1.807) is 21.3 Å². The van der Waals surface area contributed by atoms with Crippen molar-refractivity contribution < 1.29 is 33.2 Å². The van der Waals surface area contributed by atoms with Crippen LogP contribution in [0.15, 0.2) is 66.7 Å². The van der Waals surface area contributed by atoms with Crippen LogP contribution >= 0.6 is 0 Å². The summed E-state index contributed by atoms with van der Waals surface area (Å²) in [6.45, 7) is 16.3. The van der Waals surface area contributed by atoms with E-state index in [2.05, 4.69) is 40.4 Å². The zero-order valence-corrected chi connectivity index (χ0v) is 26.6. The monoisotopic (exact) mass is 574 g/mol. The Morgan fingerprint density at radius 3 is 2.10 bits per heavy atom. The molecule has 40 heavy (non-hydrogen) atoms. The predicted molar refractivity (Wildman–Crippen MR) is 162 cm³/mol. The van der Waals surface area contributed by atoms with Gasteiger partial charge < -0.3 is 33.2 Å². The molecule has 0 amide bonds. The fraction of sp³-hybridized carbons (Fsp3) is 0.562. The van der Waals surface area contributed by atoms with Gasteiger partial charge >= 0.3 is 0 Å². The Morgan fingerprint density at radius 2 is 1.55 bits per heavy atom. The zero-order chi connectivity index (χ0) is 29.8. The van der Waals surface area contributed by atoms with Gasteiger partial charge in [0.15, 0.2) is 8.32 Å². The topological polar surface area (TPSA) is 75.6 Å². The van der Waals surface area contributed by atoms with Gasteiger partial charge in [-0.15, -0.1) is 0 Å². The van der Waals surface area contributed by atoms with Crippen molar-refractivity contribution in [2.24, 2.45) is 0 Å². The first-order chi connectivity index (χ1) is 18.9. The fourth-order valence-electron chi connectivity index (χ4n) is 4.05. The standard InChI is InChI=1S/C32H50O7Si/c1-24(19-28(33)31(38-23-34-5)26-13-11-10-12-14-26)20-29(36-7)30(22-39-40(8,9)32(2,3)4)37-21-25-15-17-27(35-6)18-16-25/h10-18,28-31,33H,1,19-23H2,2-9H3/t28-,29+,30+,31-/m1/s1. The van der Waals surface area contributed by atoms with Crippen molar-refractivity contribution in [3.63, 3.8) is 0 Å². The van der Waals surface area contributed by atoms with E-state index >= 15 is 0 Å². The van der Waals surface area contributed by atoms with Crippen LogP contribution in [0.25, 0.3) is 0 Å². The van der Waals surface area contributed by atoms with Crippen LogP contribution in [0.3, 0.4) is 0 Å². The van der Waals surface area contributed by atoms with Gasteiger partial charge in [0, 0.05) is 14.2 Å². The predicted octanol–water partition coefficient (Wildman–Crippen LogP) is 6.68. The van der Waals surface area contributed by atoms with Gasteiger partial charge in [0.2, 0.25) is 0 Å². The van der Waals surface area contributed by atoms with Crippen molar-refractivity contribution in [2.75, 3.05) is 34.7 Å². The maximum Gasteiger partial charge on any atom is 0.192 e. The average molecular weight is 575 g/mol. The molecule has 0 unspecified atom stereocenters. The lowest BCUT2D eigenvalue weighted by Crippen LogP contribution is -2.45. The Balaban J connectivity index is 2.14. The number of hydrogen-bond acceptors (Lipinski definition) is 7. The van der Waals surface area contributed by atoms with Crippen LogP contribution in [0.4, 0.5) is 0 Å². The Kier molecular flexibility index (Phi) is 14.0. The number of hydrogen-bond donors (Lipinski definition) is 1. The second-order valence-electron chi connectivity index (χ2n) is 11.7. The normalized spacial score (nSPS) is 15.3. The lowest BCUT2D eigenvalue weighted by Gasteiger charge is -2.38. The second kappa shape index (κ2) is 16.4. The van der Waals surface area contributed by atoms with Crippen molar-refractivity contribution in [1.82, 2.24) is 0 Å². The van der Waals surface area contributed by atoms with Crippen molar-refractivity contribution in [2.45, 2.75) is 82.8 Å². The highest BCUT2D eigenvalue weighted by Gasteiger charge is 2.38. The van der Waals surface area contributed by atoms with E-state index in [-0.39, 0.29) is 24.0 Å². The lowest BCUT2D eigenvalue weighted by atomic mass is 9.95. The first-order valence-corrected chi connectivity index (χ1v) is 16.7. The number of aliphatic hydroxyl groups excluding tert-OH is 1. The molecule has 2 aromatic rings. The molecule has 0 heterocycles. The quantitative estimate of drug-likeness (QED) is 0.121. The minimum atomic E-state index is -2.02. The van der Waals surface area contributed by atoms with E-state index in [1.165, 1.54) is 0 Å². The molecule has 0 saturated heterocycles. The zero-order valence-electron chi connectivity index (χ0n) is 25.6. The van der Waals surface area contributed by atoms with Crippen LogP contribution in [0.1, 0.15) is 50.8 Å². The van der Waals surface area contributed by atoms with Gasteiger partial charge in [-0.2, -0.15) is 0 Å². The van der Waals surface area contributed by atoms with E-state index < -0.39 is 20.5 Å². The number of benzene rings is 2. The van der Waals surface area contributed by atoms with Crippen LogP contribution in [0.2, 0.25) is 18.1 Å². The molecule has 224 valence electrons. The molecule has 0 aliphatic heterocycles. The third-order valence-electron chi connectivity index (χ3n) is 7.59. The van der Waals surface area contributed by atoms with E-state index in [0.717, 1.165) is 22.4 Å². The fourth-order valence-corrected chi connectivity index (χ4v) is 5.06. The number of rotatable bonds is 18. The number of methoxy groups -OCH3 is 3. The molecule has 0 spiro atoms. The minimum absolute atomic E-state index is 0.0679. The maximum absolute atomic E-state index is 11.1. The molecule has 1 N–H and O–H groups in total. The summed E-state index contributed by atoms with van der Waals surface area (Å²) in [6, 6.07) is 17.5. The molecule has 7 nitrogen and oxygen atoms in total. The molecule has 0 bridgehead atoms. The molecule has 0 aliphatic rings. The Morgan fingerprint density at radius 1 is 0.900 bits per heavy atom. The van der Waals surface area contributed by atoms with Gasteiger partial charge in [0.1, 0.15) is 24.8 Å². The van der Waals surface area contributed by atoms with Crippen LogP contribution in [0, 0.1) is 0 Å². The Hall–Kier alpha value is -2.04. The van der Waals surface area contributed by atoms with Gasteiger partial charge in [-0.25, -0.2) is 0 Å². The van der Waals surface area contributed by atoms with Crippen molar-refractivity contribution in [1.29, 1.82) is 0 Å². The second-order valence-corrected chi connectivity index (χ2v) is 16.5. The third kappa shape index (κ3) is 10.7. The van der Waals surface area contributed by atoms with Gasteiger partial charge in [0.05, 0.1) is 32.5 Å². The third-order valence-corrected chi connectivity index (χ3v) is 12.1. The summed E-state index contributed by atoms with van der Waals surface area (Å²) < 4.78 is 35.2. The van der Waals surface area contributed by atoms with Crippen LogP contribution in [0.5, 0.6) is 5.75 Å². The summed E-state index contributed by atoms with van der Waals surface area (Å²) in [6.07, 6.45) is -1.12. The van der Waals surface area contributed by atoms with Crippen LogP contribution < -0.4 is 4.74 Å². The molecular weight excluding hydrogens is 524 g/mol. The van der Waals surface area contributed by atoms with Gasteiger partial charge in [-0.1, -0.05) is 75.4 Å². The number of aliphatic hydroxyl groups is 1. The van der Waals surface area contributed by atoms with Crippen LogP contribution in [-0.2, 0) is 30.0 Å². The molecule has 0 aromatic heterocycles. The highest BCUT2D eigenvalue weighted by Crippen LogP contribution is 2.37. The first kappa shape index (κ1) is 34.2. The largest absolute Gasteiger partial charge is 0.497 e. The van der Waals surface area contributed by atoms with Crippen molar-refractivity contribution >= 4 is 8.32 Å².